The Hall–Kier alpha value is -0.730. The number of nitrogens with zero attached hydrogens (tertiary/aromatic N) is 3. The zero-order valence-electron chi connectivity index (χ0n) is 14.5. The first-order valence-electron chi connectivity index (χ1n) is 8.29. The highest BCUT2D eigenvalue weighted by molar-refractivity contribution is 14.0. The molecule has 1 aromatic carbocycles. The number of ether oxygens (including phenoxy) is 1. The zero-order chi connectivity index (χ0) is 16.5. The molecule has 24 heavy (non-hydrogen) atoms. The number of hydrogen-bond acceptors (Lipinski definition) is 3. The molecule has 0 aromatic heterocycles. The van der Waals surface area contributed by atoms with Crippen molar-refractivity contribution in [2.75, 3.05) is 57.9 Å². The molecular weight excluding hydrogens is 439 g/mol. The highest BCUT2D eigenvalue weighted by Gasteiger charge is 2.20. The lowest BCUT2D eigenvalue weighted by molar-refractivity contribution is 0.145. The number of aliphatic imine (C=N–C) groups is 1. The Morgan fingerprint density at radius 1 is 1.25 bits per heavy atom. The molecule has 1 heterocycles. The van der Waals surface area contributed by atoms with Gasteiger partial charge in [-0.15, -0.1) is 24.0 Å². The van der Waals surface area contributed by atoms with E-state index in [2.05, 4.69) is 26.2 Å². The normalized spacial score (nSPS) is 15.2. The van der Waals surface area contributed by atoms with Gasteiger partial charge in [0.2, 0.25) is 0 Å². The van der Waals surface area contributed by atoms with Crippen LogP contribution >= 0.6 is 35.6 Å². The second-order valence-electron chi connectivity index (χ2n) is 5.45. The molecule has 1 N–H and O–H groups in total. The number of nitrogens with one attached hydrogen (secondary N) is 1. The molecule has 0 bridgehead atoms. The average molecular weight is 467 g/mol. The van der Waals surface area contributed by atoms with Gasteiger partial charge in [-0.05, 0) is 25.5 Å². The second-order valence-corrected chi connectivity index (χ2v) is 5.86. The van der Waals surface area contributed by atoms with Crippen molar-refractivity contribution in [1.29, 1.82) is 0 Å². The monoisotopic (exact) mass is 466 g/mol. The van der Waals surface area contributed by atoms with Crippen LogP contribution in [0.4, 0.5) is 5.69 Å². The molecule has 1 aliphatic rings. The lowest BCUT2D eigenvalue weighted by atomic mass is 10.2. The van der Waals surface area contributed by atoms with E-state index in [9.17, 15) is 0 Å². The van der Waals surface area contributed by atoms with Gasteiger partial charge in [0.05, 0.1) is 10.7 Å². The van der Waals surface area contributed by atoms with Crippen LogP contribution in [0, 0.1) is 0 Å². The lowest BCUT2D eigenvalue weighted by Crippen LogP contribution is -2.52. The van der Waals surface area contributed by atoms with Crippen molar-refractivity contribution in [1.82, 2.24) is 10.2 Å². The molecule has 0 spiro atoms. The van der Waals surface area contributed by atoms with Crippen LogP contribution in [0.2, 0.25) is 5.02 Å². The van der Waals surface area contributed by atoms with Crippen LogP contribution in [0.3, 0.4) is 0 Å². The van der Waals surface area contributed by atoms with Crippen LogP contribution in [0.25, 0.3) is 0 Å². The first kappa shape index (κ1) is 21.3. The minimum Gasteiger partial charge on any atom is -0.382 e. The Bertz CT molecular complexity index is 507. The largest absolute Gasteiger partial charge is 0.382 e. The predicted molar refractivity (Wildman–Crippen MR) is 113 cm³/mol. The van der Waals surface area contributed by atoms with Gasteiger partial charge in [-0.2, -0.15) is 0 Å². The quantitative estimate of drug-likeness (QED) is 0.303. The first-order chi connectivity index (χ1) is 11.3. The van der Waals surface area contributed by atoms with E-state index in [0.717, 1.165) is 69.0 Å². The summed E-state index contributed by atoms with van der Waals surface area (Å²) in [5.41, 5.74) is 1.12. The number of guanidine groups is 1. The molecule has 0 amide bonds. The third-order valence-corrected chi connectivity index (χ3v) is 4.26. The molecule has 5 nitrogen and oxygen atoms in total. The van der Waals surface area contributed by atoms with Gasteiger partial charge in [-0.3, -0.25) is 4.99 Å². The fraction of sp³-hybridized carbons (Fsp3) is 0.588. The maximum absolute atomic E-state index is 6.29. The van der Waals surface area contributed by atoms with Gasteiger partial charge < -0.3 is 19.9 Å². The van der Waals surface area contributed by atoms with Gasteiger partial charge in [0.15, 0.2) is 5.96 Å². The Labute approximate surface area is 167 Å². The van der Waals surface area contributed by atoms with E-state index in [0.29, 0.717) is 0 Å². The Morgan fingerprint density at radius 3 is 2.58 bits per heavy atom. The van der Waals surface area contributed by atoms with Gasteiger partial charge in [0.25, 0.3) is 0 Å². The highest BCUT2D eigenvalue weighted by atomic mass is 127. The second kappa shape index (κ2) is 11.8. The highest BCUT2D eigenvalue weighted by Crippen LogP contribution is 2.25. The Balaban J connectivity index is 0.00000288. The summed E-state index contributed by atoms with van der Waals surface area (Å²) in [5.74, 6) is 0.973. The lowest BCUT2D eigenvalue weighted by Gasteiger charge is -2.38. The van der Waals surface area contributed by atoms with Gasteiger partial charge in [0, 0.05) is 53.0 Å². The van der Waals surface area contributed by atoms with Crippen molar-refractivity contribution in [2.45, 2.75) is 13.3 Å². The van der Waals surface area contributed by atoms with E-state index >= 15 is 0 Å². The molecule has 0 atom stereocenters. The Morgan fingerprint density at radius 2 is 1.96 bits per heavy atom. The average Bonchev–Trinajstić information content (AvgIpc) is 2.59. The summed E-state index contributed by atoms with van der Waals surface area (Å²) in [6.45, 7) is 8.25. The SMILES string of the molecule is CCOCCCNC(=NC)N1CCN(c2ccccc2Cl)CC1.I. The Kier molecular flexibility index (Phi) is 10.4. The van der Waals surface area contributed by atoms with Crippen molar-refractivity contribution in [3.05, 3.63) is 29.3 Å². The van der Waals surface area contributed by atoms with Gasteiger partial charge in [-0.25, -0.2) is 0 Å². The topological polar surface area (TPSA) is 40.1 Å². The van der Waals surface area contributed by atoms with E-state index in [1.165, 1.54) is 0 Å². The molecule has 1 aromatic rings. The zero-order valence-corrected chi connectivity index (χ0v) is 17.6. The van der Waals surface area contributed by atoms with E-state index in [4.69, 9.17) is 16.3 Å². The number of benzene rings is 1. The minimum absolute atomic E-state index is 0. The van der Waals surface area contributed by atoms with Crippen molar-refractivity contribution in [2.24, 2.45) is 4.99 Å². The van der Waals surface area contributed by atoms with Crippen LogP contribution in [0.5, 0.6) is 0 Å². The van der Waals surface area contributed by atoms with Crippen molar-refractivity contribution >= 4 is 47.2 Å². The van der Waals surface area contributed by atoms with Crippen molar-refractivity contribution in [3.8, 4) is 0 Å². The molecule has 1 aliphatic heterocycles. The summed E-state index contributed by atoms with van der Waals surface area (Å²) in [7, 11) is 1.84. The van der Waals surface area contributed by atoms with Crippen LogP contribution < -0.4 is 10.2 Å². The molecule has 0 saturated carbocycles. The summed E-state index contributed by atoms with van der Waals surface area (Å²) in [6, 6.07) is 8.03. The first-order valence-corrected chi connectivity index (χ1v) is 8.67. The summed E-state index contributed by atoms with van der Waals surface area (Å²) in [4.78, 5) is 9.03. The number of hydrogen-bond donors (Lipinski definition) is 1. The molecule has 0 unspecified atom stereocenters. The molecule has 1 fully saturated rings. The van der Waals surface area contributed by atoms with E-state index in [1.54, 1.807) is 0 Å². The molecule has 2 rings (SSSR count). The number of halogens is 2. The summed E-state index contributed by atoms with van der Waals surface area (Å²) in [5, 5.41) is 4.23. The van der Waals surface area contributed by atoms with E-state index in [-0.39, 0.29) is 24.0 Å². The maximum atomic E-state index is 6.29. The fourth-order valence-corrected chi connectivity index (χ4v) is 2.97. The number of para-hydroxylation sites is 1. The number of anilines is 1. The third-order valence-electron chi connectivity index (χ3n) is 3.94. The molecule has 0 aliphatic carbocycles. The van der Waals surface area contributed by atoms with Crippen molar-refractivity contribution < 1.29 is 4.74 Å². The standard InChI is InChI=1S/C17H27ClN4O.HI/c1-3-23-14-6-9-20-17(19-2)22-12-10-21(11-13-22)16-8-5-4-7-15(16)18;/h4-5,7-8H,3,6,9-14H2,1-2H3,(H,19,20);1H. The number of piperazine rings is 1. The summed E-state index contributed by atoms with van der Waals surface area (Å²) < 4.78 is 5.36. The van der Waals surface area contributed by atoms with Gasteiger partial charge >= 0.3 is 0 Å². The van der Waals surface area contributed by atoms with Crippen LogP contribution in [-0.2, 0) is 4.74 Å². The summed E-state index contributed by atoms with van der Waals surface area (Å²) >= 11 is 6.29. The van der Waals surface area contributed by atoms with Crippen LogP contribution in [-0.4, -0.2) is 63.8 Å². The number of rotatable bonds is 6. The van der Waals surface area contributed by atoms with Crippen molar-refractivity contribution in [3.63, 3.8) is 0 Å². The van der Waals surface area contributed by atoms with Gasteiger partial charge in [-0.1, -0.05) is 23.7 Å². The fourth-order valence-electron chi connectivity index (χ4n) is 2.72. The third kappa shape index (κ3) is 6.29. The molecule has 1 saturated heterocycles. The smallest absolute Gasteiger partial charge is 0.193 e. The minimum atomic E-state index is 0. The van der Waals surface area contributed by atoms with Crippen LogP contribution in [0.1, 0.15) is 13.3 Å². The molecule has 0 radical (unpaired) electrons. The summed E-state index contributed by atoms with van der Waals surface area (Å²) in [6.07, 6.45) is 0.993. The maximum Gasteiger partial charge on any atom is 0.193 e. The molecule has 7 heteroatoms. The van der Waals surface area contributed by atoms with Gasteiger partial charge in [0.1, 0.15) is 0 Å². The van der Waals surface area contributed by atoms with E-state index < -0.39 is 0 Å². The molecule has 136 valence electrons. The predicted octanol–water partition coefficient (Wildman–Crippen LogP) is 3.08. The van der Waals surface area contributed by atoms with E-state index in [1.807, 2.05) is 32.2 Å². The van der Waals surface area contributed by atoms with Crippen LogP contribution in [0.15, 0.2) is 29.3 Å². The molecular formula is C17H28ClIN4O.